The van der Waals surface area contributed by atoms with Crippen LogP contribution in [0.4, 0.5) is 16.5 Å². The van der Waals surface area contributed by atoms with Crippen LogP contribution in [-0.2, 0) is 4.79 Å². The largest absolute Gasteiger partial charge is 0.495 e. The molecule has 0 radical (unpaired) electrons. The predicted octanol–water partition coefficient (Wildman–Crippen LogP) is 7.90. The fraction of sp³-hybridized carbons (Fsp3) is 0.148. The number of thiocarbonyl (C=S) groups is 1. The van der Waals surface area contributed by atoms with Gasteiger partial charge in [0.1, 0.15) is 5.75 Å². The molecule has 0 fully saturated rings. The van der Waals surface area contributed by atoms with Gasteiger partial charge < -0.3 is 20.7 Å². The molecule has 3 N–H and O–H groups in total. The van der Waals surface area contributed by atoms with E-state index in [0.717, 1.165) is 32.0 Å². The molecule has 37 heavy (non-hydrogen) atoms. The third-order valence-corrected chi connectivity index (χ3v) is 8.11. The third-order valence-electron chi connectivity index (χ3n) is 5.26. The molecule has 6 nitrogen and oxygen atoms in total. The molecule has 1 aromatic heterocycles. The number of methoxy groups -OCH3 is 1. The van der Waals surface area contributed by atoms with E-state index in [9.17, 15) is 4.79 Å². The summed E-state index contributed by atoms with van der Waals surface area (Å²) in [7, 11) is 1.62. The Hall–Kier alpha value is -2.92. The predicted molar refractivity (Wildman–Crippen MR) is 163 cm³/mol. The molecular weight excluding hydrogens is 588 g/mol. The Labute approximate surface area is 238 Å². The number of nitrogens with zero attached hydrogens (tertiary/aromatic N) is 1. The second kappa shape index (κ2) is 13.0. The lowest BCUT2D eigenvalue weighted by Crippen LogP contribution is -2.24. The van der Waals surface area contributed by atoms with Crippen molar-refractivity contribution in [2.75, 3.05) is 23.1 Å². The van der Waals surface area contributed by atoms with Crippen molar-refractivity contribution >= 4 is 78.8 Å². The molecule has 0 bridgehead atoms. The standard InChI is InChI=1S/C27H25BrN4O2S3/c1-3-24(25(33)32-27-31-22(16-36-27)17-11-13-18(28)14-12-17)37-20-8-6-7-19(15-20)29-26(35)30-21-9-4-5-10-23(21)34-2/h4-16,24H,3H2,1-2H3,(H2,29,30,35)(H,31,32,33). The Morgan fingerprint density at radius 2 is 1.86 bits per heavy atom. The zero-order valence-corrected chi connectivity index (χ0v) is 24.2. The molecule has 10 heteroatoms. The molecule has 0 saturated heterocycles. The maximum Gasteiger partial charge on any atom is 0.239 e. The van der Waals surface area contributed by atoms with Crippen molar-refractivity contribution < 1.29 is 9.53 Å². The number of hydrogen-bond acceptors (Lipinski definition) is 6. The van der Waals surface area contributed by atoms with E-state index in [0.29, 0.717) is 22.4 Å². The van der Waals surface area contributed by atoms with Gasteiger partial charge in [-0.15, -0.1) is 23.1 Å². The Morgan fingerprint density at radius 1 is 1.08 bits per heavy atom. The molecule has 1 heterocycles. The van der Waals surface area contributed by atoms with Gasteiger partial charge in [-0.3, -0.25) is 4.79 Å². The molecule has 1 amide bonds. The van der Waals surface area contributed by atoms with Gasteiger partial charge in [-0.2, -0.15) is 0 Å². The van der Waals surface area contributed by atoms with Crippen LogP contribution < -0.4 is 20.7 Å². The average Bonchev–Trinajstić information content (AvgIpc) is 3.36. The molecular formula is C27H25BrN4O2S3. The van der Waals surface area contributed by atoms with E-state index in [1.807, 2.05) is 85.1 Å². The number of ether oxygens (including phenoxy) is 1. The number of para-hydroxylation sites is 2. The van der Waals surface area contributed by atoms with Gasteiger partial charge in [0.25, 0.3) is 0 Å². The number of benzene rings is 3. The van der Waals surface area contributed by atoms with Crippen LogP contribution in [0.1, 0.15) is 13.3 Å². The Kier molecular flexibility index (Phi) is 9.56. The number of halogens is 1. The van der Waals surface area contributed by atoms with Gasteiger partial charge in [0.05, 0.1) is 23.7 Å². The molecule has 1 atom stereocenters. The SMILES string of the molecule is CCC(Sc1cccc(NC(=S)Nc2ccccc2OC)c1)C(=O)Nc1nc(-c2ccc(Br)cc2)cs1. The summed E-state index contributed by atoms with van der Waals surface area (Å²) in [5.74, 6) is 0.632. The Balaban J connectivity index is 1.36. The molecule has 0 aliphatic rings. The molecule has 190 valence electrons. The van der Waals surface area contributed by atoms with E-state index in [2.05, 4.69) is 36.9 Å². The van der Waals surface area contributed by atoms with E-state index in [1.165, 1.54) is 23.1 Å². The van der Waals surface area contributed by atoms with Gasteiger partial charge in [0.2, 0.25) is 5.91 Å². The number of thioether (sulfide) groups is 1. The van der Waals surface area contributed by atoms with Crippen LogP contribution in [0, 0.1) is 0 Å². The molecule has 0 aliphatic carbocycles. The highest BCUT2D eigenvalue weighted by molar-refractivity contribution is 9.10. The van der Waals surface area contributed by atoms with Gasteiger partial charge >= 0.3 is 0 Å². The summed E-state index contributed by atoms with van der Waals surface area (Å²) in [6.07, 6.45) is 0.673. The van der Waals surface area contributed by atoms with E-state index in [1.54, 1.807) is 7.11 Å². The van der Waals surface area contributed by atoms with Crippen LogP contribution in [-0.4, -0.2) is 28.4 Å². The average molecular weight is 614 g/mol. The maximum atomic E-state index is 13.0. The summed E-state index contributed by atoms with van der Waals surface area (Å²) < 4.78 is 6.38. The van der Waals surface area contributed by atoms with Crippen molar-refractivity contribution in [1.82, 2.24) is 4.98 Å². The topological polar surface area (TPSA) is 75.3 Å². The molecule has 4 rings (SSSR count). The van der Waals surface area contributed by atoms with E-state index in [4.69, 9.17) is 17.0 Å². The number of carbonyl (C=O) groups excluding carboxylic acids is 1. The van der Waals surface area contributed by atoms with Crippen LogP contribution in [0.3, 0.4) is 0 Å². The van der Waals surface area contributed by atoms with E-state index < -0.39 is 0 Å². The summed E-state index contributed by atoms with van der Waals surface area (Å²) in [5, 5.41) is 12.1. The first-order chi connectivity index (χ1) is 17.9. The lowest BCUT2D eigenvalue weighted by Gasteiger charge is -2.16. The number of rotatable bonds is 9. The van der Waals surface area contributed by atoms with E-state index >= 15 is 0 Å². The zero-order valence-electron chi connectivity index (χ0n) is 20.2. The van der Waals surface area contributed by atoms with Crippen LogP contribution in [0.15, 0.2) is 87.5 Å². The number of carbonyl (C=O) groups is 1. The fourth-order valence-electron chi connectivity index (χ4n) is 3.44. The normalized spacial score (nSPS) is 11.4. The van der Waals surface area contributed by atoms with Crippen molar-refractivity contribution in [3.8, 4) is 17.0 Å². The van der Waals surface area contributed by atoms with E-state index in [-0.39, 0.29) is 11.2 Å². The molecule has 0 aliphatic heterocycles. The van der Waals surface area contributed by atoms with Gasteiger partial charge in [-0.1, -0.05) is 53.2 Å². The van der Waals surface area contributed by atoms with Crippen LogP contribution in [0.2, 0.25) is 0 Å². The lowest BCUT2D eigenvalue weighted by atomic mass is 10.2. The molecule has 1 unspecified atom stereocenters. The molecule has 0 spiro atoms. The van der Waals surface area contributed by atoms with Crippen molar-refractivity contribution in [3.05, 3.63) is 82.6 Å². The monoisotopic (exact) mass is 612 g/mol. The summed E-state index contributed by atoms with van der Waals surface area (Å²) in [4.78, 5) is 18.6. The number of amides is 1. The lowest BCUT2D eigenvalue weighted by molar-refractivity contribution is -0.115. The number of anilines is 3. The van der Waals surface area contributed by atoms with Gasteiger partial charge in [0.15, 0.2) is 10.2 Å². The highest BCUT2D eigenvalue weighted by atomic mass is 79.9. The molecule has 0 saturated carbocycles. The first-order valence-electron chi connectivity index (χ1n) is 11.4. The summed E-state index contributed by atoms with van der Waals surface area (Å²) in [6, 6.07) is 23.3. The zero-order chi connectivity index (χ0) is 26.2. The van der Waals surface area contributed by atoms with Crippen molar-refractivity contribution in [3.63, 3.8) is 0 Å². The van der Waals surface area contributed by atoms with Crippen LogP contribution in [0.5, 0.6) is 5.75 Å². The first kappa shape index (κ1) is 27.1. The number of nitrogens with one attached hydrogen (secondary N) is 3. The maximum absolute atomic E-state index is 13.0. The number of aromatic nitrogens is 1. The second-order valence-corrected chi connectivity index (χ2v) is 11.3. The summed E-state index contributed by atoms with van der Waals surface area (Å²) in [6.45, 7) is 2.00. The smallest absolute Gasteiger partial charge is 0.239 e. The molecule has 3 aromatic carbocycles. The first-order valence-corrected chi connectivity index (χ1v) is 14.4. The minimum absolute atomic E-state index is 0.0732. The highest BCUT2D eigenvalue weighted by Crippen LogP contribution is 2.31. The van der Waals surface area contributed by atoms with Crippen molar-refractivity contribution in [1.29, 1.82) is 0 Å². The molecule has 4 aromatic rings. The van der Waals surface area contributed by atoms with Gasteiger partial charge in [-0.05, 0) is 61.1 Å². The summed E-state index contributed by atoms with van der Waals surface area (Å²) in [5.41, 5.74) is 3.45. The van der Waals surface area contributed by atoms with Gasteiger partial charge in [-0.25, -0.2) is 4.98 Å². The van der Waals surface area contributed by atoms with Crippen molar-refractivity contribution in [2.24, 2.45) is 0 Å². The minimum Gasteiger partial charge on any atom is -0.495 e. The third kappa shape index (κ3) is 7.54. The quantitative estimate of drug-likeness (QED) is 0.131. The minimum atomic E-state index is -0.270. The fourth-order valence-corrected chi connectivity index (χ4v) is 5.66. The van der Waals surface area contributed by atoms with Crippen LogP contribution in [0.25, 0.3) is 11.3 Å². The Morgan fingerprint density at radius 3 is 2.62 bits per heavy atom. The highest BCUT2D eigenvalue weighted by Gasteiger charge is 2.20. The van der Waals surface area contributed by atoms with Crippen LogP contribution >= 0.6 is 51.2 Å². The number of thiazole rings is 1. The second-order valence-electron chi connectivity index (χ2n) is 7.86. The van der Waals surface area contributed by atoms with Gasteiger partial charge in [0, 0.05) is 26.0 Å². The Bertz CT molecular complexity index is 1380. The van der Waals surface area contributed by atoms with Crippen molar-refractivity contribution in [2.45, 2.75) is 23.5 Å². The summed E-state index contributed by atoms with van der Waals surface area (Å²) >= 11 is 11.9. The number of hydrogen-bond donors (Lipinski definition) is 3.